The summed E-state index contributed by atoms with van der Waals surface area (Å²) in [6, 6.07) is 0. The lowest BCUT2D eigenvalue weighted by Gasteiger charge is -2.13. The van der Waals surface area contributed by atoms with Crippen molar-refractivity contribution in [3.63, 3.8) is 0 Å². The fourth-order valence-corrected chi connectivity index (χ4v) is 0.913. The molecule has 0 N–H and O–H groups in total. The van der Waals surface area contributed by atoms with Gasteiger partial charge in [-0.2, -0.15) is 0 Å². The van der Waals surface area contributed by atoms with E-state index in [0.29, 0.717) is 5.57 Å². The van der Waals surface area contributed by atoms with Crippen molar-refractivity contribution in [2.75, 3.05) is 19.9 Å². The third kappa shape index (κ3) is 5.65. The first-order valence-corrected chi connectivity index (χ1v) is 6.35. The van der Waals surface area contributed by atoms with Crippen LogP contribution in [0.15, 0.2) is 12.2 Å². The number of ether oxygens (including phenoxy) is 2. The SMILES string of the molecule is C=C(C)C(=O)OCCOC(C)(C)[P+](C)=O. The Hall–Kier alpha value is -0.730. The minimum absolute atomic E-state index is 0.151. The van der Waals surface area contributed by atoms with Gasteiger partial charge in [-0.25, -0.2) is 4.79 Å². The third-order valence-corrected chi connectivity index (χ3v) is 3.52. The van der Waals surface area contributed by atoms with Crippen LogP contribution < -0.4 is 0 Å². The van der Waals surface area contributed by atoms with Gasteiger partial charge in [-0.1, -0.05) is 11.1 Å². The maximum absolute atomic E-state index is 11.2. The van der Waals surface area contributed by atoms with Gasteiger partial charge in [-0.05, 0) is 6.92 Å². The lowest BCUT2D eigenvalue weighted by atomic mass is 10.4. The molecule has 0 spiro atoms. The van der Waals surface area contributed by atoms with Crippen LogP contribution in [0.3, 0.4) is 0 Å². The summed E-state index contributed by atoms with van der Waals surface area (Å²) in [6.45, 7) is 10.5. The van der Waals surface area contributed by atoms with E-state index in [1.54, 1.807) is 27.4 Å². The lowest BCUT2D eigenvalue weighted by Crippen LogP contribution is -2.22. The summed E-state index contributed by atoms with van der Waals surface area (Å²) in [7, 11) is -1.42. The van der Waals surface area contributed by atoms with Gasteiger partial charge in [-0.3, -0.25) is 0 Å². The first-order valence-electron chi connectivity index (χ1n) is 4.65. The van der Waals surface area contributed by atoms with Crippen LogP contribution >= 0.6 is 7.80 Å². The van der Waals surface area contributed by atoms with E-state index in [2.05, 4.69) is 6.58 Å². The summed E-state index contributed by atoms with van der Waals surface area (Å²) in [5, 5.41) is -0.676. The summed E-state index contributed by atoms with van der Waals surface area (Å²) >= 11 is 0. The van der Waals surface area contributed by atoms with Crippen LogP contribution in [0, 0.1) is 0 Å². The molecule has 0 aromatic carbocycles. The fourth-order valence-electron chi connectivity index (χ4n) is 0.640. The Morgan fingerprint density at radius 2 is 1.93 bits per heavy atom. The number of hydrogen-bond donors (Lipinski definition) is 0. The predicted octanol–water partition coefficient (Wildman–Crippen LogP) is 2.32. The van der Waals surface area contributed by atoms with E-state index in [0.717, 1.165) is 0 Å². The summed E-state index contributed by atoms with van der Waals surface area (Å²) in [5.74, 6) is -0.433. The number of carbonyl (C=O) groups excluding carboxylic acids is 1. The number of carbonyl (C=O) groups is 1. The van der Waals surface area contributed by atoms with Crippen LogP contribution in [0.1, 0.15) is 20.8 Å². The molecule has 0 aromatic heterocycles. The maximum Gasteiger partial charge on any atom is 0.369 e. The quantitative estimate of drug-likeness (QED) is 0.306. The molecule has 1 unspecified atom stereocenters. The van der Waals surface area contributed by atoms with Gasteiger partial charge in [0.15, 0.2) is 0 Å². The predicted molar refractivity (Wildman–Crippen MR) is 59.3 cm³/mol. The topological polar surface area (TPSA) is 52.6 Å². The first kappa shape index (κ1) is 14.3. The van der Waals surface area contributed by atoms with Crippen molar-refractivity contribution in [1.82, 2.24) is 0 Å². The molecule has 0 heterocycles. The number of rotatable bonds is 6. The van der Waals surface area contributed by atoms with Crippen LogP contribution in [0.4, 0.5) is 0 Å². The minimum Gasteiger partial charge on any atom is -0.460 e. The minimum atomic E-state index is -1.42. The molecule has 0 saturated heterocycles. The molecule has 4 nitrogen and oxygen atoms in total. The standard InChI is InChI=1S/C10H18O4P/c1-8(2)9(11)13-6-7-14-10(3,4)15(5)12/h1,6-7H2,2-5H3/q+1. The van der Waals surface area contributed by atoms with E-state index in [-0.39, 0.29) is 13.2 Å². The van der Waals surface area contributed by atoms with E-state index in [1.807, 2.05) is 0 Å². The molecule has 0 saturated carbocycles. The van der Waals surface area contributed by atoms with Crippen molar-refractivity contribution >= 4 is 13.8 Å². The highest BCUT2D eigenvalue weighted by molar-refractivity contribution is 7.45. The van der Waals surface area contributed by atoms with E-state index < -0.39 is 19.1 Å². The molecule has 15 heavy (non-hydrogen) atoms. The molecule has 0 amide bonds. The molecular formula is C10H18O4P+. The largest absolute Gasteiger partial charge is 0.460 e. The molecule has 0 radical (unpaired) electrons. The van der Waals surface area contributed by atoms with Gasteiger partial charge < -0.3 is 9.47 Å². The van der Waals surface area contributed by atoms with Crippen LogP contribution in [0.25, 0.3) is 0 Å². The lowest BCUT2D eigenvalue weighted by molar-refractivity contribution is -0.141. The summed E-state index contributed by atoms with van der Waals surface area (Å²) in [5.41, 5.74) is 0.357. The summed E-state index contributed by atoms with van der Waals surface area (Å²) in [6.07, 6.45) is 0. The van der Waals surface area contributed by atoms with Crippen LogP contribution in [0.2, 0.25) is 0 Å². The molecule has 0 fully saturated rings. The normalized spacial score (nSPS) is 12.1. The molecule has 0 aliphatic rings. The highest BCUT2D eigenvalue weighted by atomic mass is 31.1. The molecule has 0 aliphatic carbocycles. The van der Waals surface area contributed by atoms with E-state index in [1.165, 1.54) is 0 Å². The number of esters is 1. The summed E-state index contributed by atoms with van der Waals surface area (Å²) in [4.78, 5) is 11.0. The third-order valence-electron chi connectivity index (χ3n) is 1.88. The molecule has 5 heteroatoms. The van der Waals surface area contributed by atoms with Gasteiger partial charge in [0, 0.05) is 19.4 Å². The zero-order chi connectivity index (χ0) is 12.1. The van der Waals surface area contributed by atoms with Crippen molar-refractivity contribution in [1.29, 1.82) is 0 Å². The molecule has 0 aromatic rings. The van der Waals surface area contributed by atoms with E-state index >= 15 is 0 Å². The van der Waals surface area contributed by atoms with Crippen LogP contribution in [-0.4, -0.2) is 31.2 Å². The van der Waals surface area contributed by atoms with Crippen molar-refractivity contribution < 1.29 is 18.8 Å². The average molecular weight is 233 g/mol. The molecule has 86 valence electrons. The highest BCUT2D eigenvalue weighted by Gasteiger charge is 2.35. The Kier molecular flexibility index (Phi) is 5.69. The Morgan fingerprint density at radius 3 is 2.33 bits per heavy atom. The zero-order valence-electron chi connectivity index (χ0n) is 9.70. The Balaban J connectivity index is 3.77. The van der Waals surface area contributed by atoms with Crippen LogP contribution in [-0.2, 0) is 18.8 Å². The summed E-state index contributed by atoms with van der Waals surface area (Å²) < 4.78 is 21.4. The van der Waals surface area contributed by atoms with Gasteiger partial charge in [0.1, 0.15) is 13.3 Å². The van der Waals surface area contributed by atoms with Gasteiger partial charge in [0.2, 0.25) is 0 Å². The van der Waals surface area contributed by atoms with Crippen molar-refractivity contribution in [2.45, 2.75) is 26.1 Å². The molecule has 0 rings (SSSR count). The smallest absolute Gasteiger partial charge is 0.369 e. The van der Waals surface area contributed by atoms with E-state index in [4.69, 9.17) is 9.47 Å². The van der Waals surface area contributed by atoms with E-state index in [9.17, 15) is 9.36 Å². The highest BCUT2D eigenvalue weighted by Crippen LogP contribution is 2.35. The zero-order valence-corrected chi connectivity index (χ0v) is 10.6. The van der Waals surface area contributed by atoms with Crippen molar-refractivity contribution in [2.24, 2.45) is 0 Å². The number of hydrogen-bond acceptors (Lipinski definition) is 4. The van der Waals surface area contributed by atoms with Gasteiger partial charge in [0.25, 0.3) is 5.34 Å². The second-order valence-corrected chi connectivity index (χ2v) is 5.78. The Morgan fingerprint density at radius 1 is 1.40 bits per heavy atom. The van der Waals surface area contributed by atoms with Gasteiger partial charge in [-0.15, -0.1) is 0 Å². The molecule has 0 aliphatic heterocycles. The molecular weight excluding hydrogens is 215 g/mol. The van der Waals surface area contributed by atoms with Crippen molar-refractivity contribution in [3.8, 4) is 0 Å². The second-order valence-electron chi connectivity index (χ2n) is 3.71. The Bertz CT molecular complexity index is 271. The van der Waals surface area contributed by atoms with Crippen LogP contribution in [0.5, 0.6) is 0 Å². The first-order chi connectivity index (χ1) is 6.77. The monoisotopic (exact) mass is 233 g/mol. The molecule has 1 atom stereocenters. The average Bonchev–Trinajstić information content (AvgIpc) is 2.11. The second kappa shape index (κ2) is 5.99. The maximum atomic E-state index is 11.2. The molecule has 0 bridgehead atoms. The van der Waals surface area contributed by atoms with Crippen molar-refractivity contribution in [3.05, 3.63) is 12.2 Å². The van der Waals surface area contributed by atoms with Gasteiger partial charge in [0.05, 0.1) is 6.61 Å². The Labute approximate surface area is 91.4 Å². The fraction of sp³-hybridized carbons (Fsp3) is 0.700. The van der Waals surface area contributed by atoms with Gasteiger partial charge >= 0.3 is 13.8 Å².